The molecule has 1 atom stereocenters. The Kier molecular flexibility index (Phi) is 6.92. The van der Waals surface area contributed by atoms with E-state index < -0.39 is 10.0 Å². The summed E-state index contributed by atoms with van der Waals surface area (Å²) in [4.78, 5) is 13.1. The Morgan fingerprint density at radius 1 is 1.10 bits per heavy atom. The van der Waals surface area contributed by atoms with E-state index in [0.29, 0.717) is 25.3 Å². The Morgan fingerprint density at radius 2 is 1.79 bits per heavy atom. The molecular formula is C22H28N2O4S. The Bertz CT molecular complexity index is 939. The van der Waals surface area contributed by atoms with E-state index in [-0.39, 0.29) is 22.4 Å². The number of rotatable bonds is 7. The van der Waals surface area contributed by atoms with Gasteiger partial charge in [-0.3, -0.25) is 4.79 Å². The normalized spacial score (nSPS) is 16.2. The van der Waals surface area contributed by atoms with Crippen LogP contribution in [0.1, 0.15) is 54.6 Å². The van der Waals surface area contributed by atoms with Gasteiger partial charge in [-0.05, 0) is 43.0 Å². The molecule has 156 valence electrons. The molecule has 0 radical (unpaired) electrons. The summed E-state index contributed by atoms with van der Waals surface area (Å²) in [7, 11) is -2.16. The van der Waals surface area contributed by atoms with Gasteiger partial charge in [0, 0.05) is 13.1 Å². The van der Waals surface area contributed by atoms with Crippen molar-refractivity contribution in [3.05, 3.63) is 59.7 Å². The summed E-state index contributed by atoms with van der Waals surface area (Å²) in [5.74, 6) is -0.00347. The minimum Gasteiger partial charge on any atom is -0.496 e. The first-order valence-corrected chi connectivity index (χ1v) is 11.5. The average Bonchev–Trinajstić information content (AvgIpc) is 2.78. The zero-order valence-corrected chi connectivity index (χ0v) is 17.7. The number of carbonyl (C=O) groups is 1. The molecule has 1 aliphatic rings. The van der Waals surface area contributed by atoms with Crippen molar-refractivity contribution in [1.29, 1.82) is 0 Å². The minimum absolute atomic E-state index is 0.123. The molecule has 3 rings (SSSR count). The van der Waals surface area contributed by atoms with E-state index in [4.69, 9.17) is 4.74 Å². The van der Waals surface area contributed by atoms with Crippen molar-refractivity contribution in [1.82, 2.24) is 9.62 Å². The SMILES string of the molecule is CC[C@H](NC(=O)c1cc(S(=O)(=O)N2CCCCC2)ccc1OC)c1ccccc1. The van der Waals surface area contributed by atoms with Gasteiger partial charge in [0.15, 0.2) is 0 Å². The molecule has 1 saturated heterocycles. The van der Waals surface area contributed by atoms with E-state index in [1.165, 1.54) is 23.5 Å². The van der Waals surface area contributed by atoms with Gasteiger partial charge in [0.25, 0.3) is 5.91 Å². The van der Waals surface area contributed by atoms with Crippen LogP contribution < -0.4 is 10.1 Å². The van der Waals surface area contributed by atoms with Crippen molar-refractivity contribution >= 4 is 15.9 Å². The van der Waals surface area contributed by atoms with Crippen LogP contribution in [0.25, 0.3) is 0 Å². The fraction of sp³-hybridized carbons (Fsp3) is 0.409. The Morgan fingerprint density at radius 3 is 2.41 bits per heavy atom. The smallest absolute Gasteiger partial charge is 0.255 e. The van der Waals surface area contributed by atoms with E-state index in [1.54, 1.807) is 6.07 Å². The predicted molar refractivity (Wildman–Crippen MR) is 113 cm³/mol. The second-order valence-electron chi connectivity index (χ2n) is 7.17. The highest BCUT2D eigenvalue weighted by molar-refractivity contribution is 7.89. The molecule has 0 aromatic heterocycles. The molecule has 1 fully saturated rings. The Hall–Kier alpha value is -2.38. The summed E-state index contributed by atoms with van der Waals surface area (Å²) in [6.45, 7) is 3.02. The first-order chi connectivity index (χ1) is 14.0. The second kappa shape index (κ2) is 9.41. The van der Waals surface area contributed by atoms with E-state index in [0.717, 1.165) is 24.8 Å². The van der Waals surface area contributed by atoms with Crippen LogP contribution in [-0.2, 0) is 10.0 Å². The van der Waals surface area contributed by atoms with Crippen LogP contribution in [0.15, 0.2) is 53.4 Å². The number of benzene rings is 2. The van der Waals surface area contributed by atoms with Crippen LogP contribution >= 0.6 is 0 Å². The van der Waals surface area contributed by atoms with Crippen LogP contribution in [0.3, 0.4) is 0 Å². The number of ether oxygens (including phenoxy) is 1. The summed E-state index contributed by atoms with van der Waals surface area (Å²) in [6, 6.07) is 14.0. The van der Waals surface area contributed by atoms with Gasteiger partial charge in [0.05, 0.1) is 23.6 Å². The molecular weight excluding hydrogens is 388 g/mol. The van der Waals surface area contributed by atoms with E-state index in [2.05, 4.69) is 5.32 Å². The Balaban J connectivity index is 1.89. The zero-order valence-electron chi connectivity index (χ0n) is 16.9. The Labute approximate surface area is 172 Å². The highest BCUT2D eigenvalue weighted by atomic mass is 32.2. The molecule has 0 aliphatic carbocycles. The summed E-state index contributed by atoms with van der Waals surface area (Å²) < 4.78 is 32.9. The van der Waals surface area contributed by atoms with Gasteiger partial charge in [0.1, 0.15) is 5.75 Å². The number of carbonyl (C=O) groups excluding carboxylic acids is 1. The number of nitrogens with zero attached hydrogens (tertiary/aromatic N) is 1. The quantitative estimate of drug-likeness (QED) is 0.746. The third-order valence-electron chi connectivity index (χ3n) is 5.28. The highest BCUT2D eigenvalue weighted by Gasteiger charge is 2.28. The van der Waals surface area contributed by atoms with Crippen molar-refractivity contribution < 1.29 is 17.9 Å². The van der Waals surface area contributed by atoms with Crippen LogP contribution in [0.2, 0.25) is 0 Å². The highest BCUT2D eigenvalue weighted by Crippen LogP contribution is 2.27. The molecule has 2 aromatic carbocycles. The van der Waals surface area contributed by atoms with E-state index in [9.17, 15) is 13.2 Å². The van der Waals surface area contributed by atoms with Crippen molar-refractivity contribution in [2.24, 2.45) is 0 Å². The van der Waals surface area contributed by atoms with Crippen LogP contribution in [-0.4, -0.2) is 38.8 Å². The average molecular weight is 417 g/mol. The van der Waals surface area contributed by atoms with Crippen LogP contribution in [0.4, 0.5) is 0 Å². The van der Waals surface area contributed by atoms with Crippen molar-refractivity contribution in [3.8, 4) is 5.75 Å². The summed E-state index contributed by atoms with van der Waals surface area (Å²) in [5.41, 5.74) is 1.22. The lowest BCUT2D eigenvalue weighted by Gasteiger charge is -2.26. The second-order valence-corrected chi connectivity index (χ2v) is 9.11. The number of hydrogen-bond donors (Lipinski definition) is 1. The van der Waals surface area contributed by atoms with Crippen LogP contribution in [0, 0.1) is 0 Å². The largest absolute Gasteiger partial charge is 0.496 e. The van der Waals surface area contributed by atoms with Gasteiger partial charge < -0.3 is 10.1 Å². The number of hydrogen-bond acceptors (Lipinski definition) is 4. The molecule has 1 N–H and O–H groups in total. The molecule has 7 heteroatoms. The molecule has 0 saturated carbocycles. The first-order valence-electron chi connectivity index (χ1n) is 10.0. The molecule has 1 amide bonds. The maximum Gasteiger partial charge on any atom is 0.255 e. The molecule has 0 unspecified atom stereocenters. The first kappa shape index (κ1) is 21.3. The van der Waals surface area contributed by atoms with Gasteiger partial charge in [-0.25, -0.2) is 8.42 Å². The van der Waals surface area contributed by atoms with Gasteiger partial charge in [-0.1, -0.05) is 43.7 Å². The number of nitrogens with one attached hydrogen (secondary N) is 1. The number of sulfonamides is 1. The van der Waals surface area contributed by atoms with Gasteiger partial charge in [0.2, 0.25) is 10.0 Å². The zero-order chi connectivity index (χ0) is 20.9. The molecule has 0 spiro atoms. The monoisotopic (exact) mass is 416 g/mol. The van der Waals surface area contributed by atoms with Crippen molar-refractivity contribution in [2.45, 2.75) is 43.5 Å². The minimum atomic E-state index is -3.63. The molecule has 6 nitrogen and oxygen atoms in total. The number of amides is 1. The maximum atomic E-state index is 13.0. The van der Waals surface area contributed by atoms with E-state index in [1.807, 2.05) is 37.3 Å². The molecule has 1 heterocycles. The maximum absolute atomic E-state index is 13.0. The van der Waals surface area contributed by atoms with Crippen molar-refractivity contribution in [3.63, 3.8) is 0 Å². The van der Waals surface area contributed by atoms with E-state index >= 15 is 0 Å². The third-order valence-corrected chi connectivity index (χ3v) is 7.18. The lowest BCUT2D eigenvalue weighted by atomic mass is 10.0. The topological polar surface area (TPSA) is 75.7 Å². The standard InChI is InChI=1S/C22H28N2O4S/c1-3-20(17-10-6-4-7-11-17)23-22(25)19-16-18(12-13-21(19)28-2)29(26,27)24-14-8-5-9-15-24/h4,6-7,10-13,16,20H,3,5,8-9,14-15H2,1-2H3,(H,23,25)/t20-/m0/s1. The number of methoxy groups -OCH3 is 1. The summed E-state index contributed by atoms with van der Waals surface area (Å²) in [5, 5.41) is 3.00. The van der Waals surface area contributed by atoms with Crippen molar-refractivity contribution in [2.75, 3.05) is 20.2 Å². The lowest BCUT2D eigenvalue weighted by Crippen LogP contribution is -2.35. The third kappa shape index (κ3) is 4.79. The predicted octanol–water partition coefficient (Wildman–Crippen LogP) is 3.75. The molecule has 29 heavy (non-hydrogen) atoms. The number of piperidine rings is 1. The van der Waals surface area contributed by atoms with Gasteiger partial charge >= 0.3 is 0 Å². The lowest BCUT2D eigenvalue weighted by molar-refractivity contribution is 0.0932. The van der Waals surface area contributed by atoms with Crippen LogP contribution in [0.5, 0.6) is 5.75 Å². The molecule has 2 aromatic rings. The molecule has 1 aliphatic heterocycles. The fourth-order valence-corrected chi connectivity index (χ4v) is 5.17. The summed E-state index contributed by atoms with van der Waals surface area (Å²) >= 11 is 0. The molecule has 0 bridgehead atoms. The summed E-state index contributed by atoms with van der Waals surface area (Å²) in [6.07, 6.45) is 3.47. The fourth-order valence-electron chi connectivity index (χ4n) is 3.62. The van der Waals surface area contributed by atoms with Gasteiger partial charge in [-0.15, -0.1) is 0 Å². The van der Waals surface area contributed by atoms with Gasteiger partial charge in [-0.2, -0.15) is 4.31 Å².